The van der Waals surface area contributed by atoms with Gasteiger partial charge in [-0.05, 0) is 106 Å². The van der Waals surface area contributed by atoms with Crippen molar-refractivity contribution in [2.24, 2.45) is 5.92 Å². The highest BCUT2D eigenvalue weighted by Crippen LogP contribution is 2.26. The van der Waals surface area contributed by atoms with Gasteiger partial charge in [0, 0.05) is 37.3 Å². The number of pyridine rings is 1. The van der Waals surface area contributed by atoms with Crippen LogP contribution in [0.4, 0.5) is 0 Å². The van der Waals surface area contributed by atoms with Crippen molar-refractivity contribution < 1.29 is 19.4 Å². The van der Waals surface area contributed by atoms with E-state index in [4.69, 9.17) is 4.74 Å². The van der Waals surface area contributed by atoms with Gasteiger partial charge in [0.15, 0.2) is 0 Å². The first-order chi connectivity index (χ1) is 25.0. The molecule has 0 saturated carbocycles. The SMILES string of the molecule is O=C(NC(CCCc1ccccc1)CCCc1ccccc1)C1CCCN(C(=O)C2CCCCN2CC(O)COc2cccc3ncccc23)C1. The quantitative estimate of drug-likeness (QED) is 0.138. The van der Waals surface area contributed by atoms with Crippen molar-refractivity contribution in [3.8, 4) is 5.75 Å². The number of aliphatic hydroxyl groups excluding tert-OH is 1. The number of hydrogen-bond donors (Lipinski definition) is 2. The number of rotatable bonds is 16. The molecule has 6 rings (SSSR count). The van der Waals surface area contributed by atoms with Gasteiger partial charge in [-0.25, -0.2) is 0 Å². The van der Waals surface area contributed by atoms with E-state index in [1.807, 2.05) is 47.4 Å². The summed E-state index contributed by atoms with van der Waals surface area (Å²) in [6, 6.07) is 30.5. The number of piperidine rings is 2. The predicted octanol–water partition coefficient (Wildman–Crippen LogP) is 6.60. The lowest BCUT2D eigenvalue weighted by atomic mass is 9.93. The van der Waals surface area contributed by atoms with Crippen LogP contribution < -0.4 is 10.1 Å². The van der Waals surface area contributed by atoms with Crippen LogP contribution in [0.2, 0.25) is 0 Å². The lowest BCUT2D eigenvalue weighted by Gasteiger charge is -2.40. The summed E-state index contributed by atoms with van der Waals surface area (Å²) in [6.45, 7) is 2.39. The number of carbonyl (C=O) groups is 2. The van der Waals surface area contributed by atoms with Crippen LogP contribution in [0.1, 0.15) is 68.9 Å². The third-order valence-corrected chi connectivity index (χ3v) is 10.6. The van der Waals surface area contributed by atoms with Crippen LogP contribution >= 0.6 is 0 Å². The smallest absolute Gasteiger partial charge is 0.239 e. The zero-order valence-electron chi connectivity index (χ0n) is 29.9. The number of amides is 2. The Morgan fingerprint density at radius 3 is 2.27 bits per heavy atom. The maximum absolute atomic E-state index is 14.0. The van der Waals surface area contributed by atoms with Gasteiger partial charge in [0.1, 0.15) is 18.5 Å². The van der Waals surface area contributed by atoms with E-state index < -0.39 is 6.10 Å². The Bertz CT molecular complexity index is 1620. The highest BCUT2D eigenvalue weighted by molar-refractivity contribution is 5.85. The average molecular weight is 691 g/mol. The lowest BCUT2D eigenvalue weighted by molar-refractivity contribution is -0.142. The molecule has 2 saturated heterocycles. The fraction of sp³-hybridized carbons (Fsp3) is 0.465. The number of aromatic nitrogens is 1. The molecule has 3 unspecified atom stereocenters. The van der Waals surface area contributed by atoms with E-state index in [1.54, 1.807) is 6.20 Å². The second kappa shape index (κ2) is 18.8. The number of nitrogens with zero attached hydrogens (tertiary/aromatic N) is 3. The molecular weight excluding hydrogens is 636 g/mol. The molecule has 2 aliphatic heterocycles. The first kappa shape index (κ1) is 36.5. The molecule has 3 atom stereocenters. The molecule has 2 N–H and O–H groups in total. The molecule has 1 aromatic heterocycles. The molecule has 0 bridgehead atoms. The van der Waals surface area contributed by atoms with Crippen molar-refractivity contribution in [2.45, 2.75) is 88.8 Å². The highest BCUT2D eigenvalue weighted by Gasteiger charge is 2.36. The molecule has 270 valence electrons. The summed E-state index contributed by atoms with van der Waals surface area (Å²) in [5.74, 6) is 0.647. The summed E-state index contributed by atoms with van der Waals surface area (Å²) < 4.78 is 6.04. The van der Waals surface area contributed by atoms with Crippen molar-refractivity contribution in [3.05, 3.63) is 108 Å². The van der Waals surface area contributed by atoms with Crippen molar-refractivity contribution in [2.75, 3.05) is 32.8 Å². The largest absolute Gasteiger partial charge is 0.490 e. The van der Waals surface area contributed by atoms with E-state index in [2.05, 4.69) is 63.7 Å². The minimum absolute atomic E-state index is 0.0774. The van der Waals surface area contributed by atoms with Crippen LogP contribution in [0, 0.1) is 5.92 Å². The number of ether oxygens (including phenoxy) is 1. The number of benzene rings is 3. The number of likely N-dealkylation sites (tertiary alicyclic amines) is 2. The summed E-state index contributed by atoms with van der Waals surface area (Å²) >= 11 is 0. The normalized spacial score (nSPS) is 18.8. The summed E-state index contributed by atoms with van der Waals surface area (Å²) in [5, 5.41) is 15.4. The van der Waals surface area contributed by atoms with Crippen LogP contribution in [-0.2, 0) is 22.4 Å². The molecule has 8 nitrogen and oxygen atoms in total. The average Bonchev–Trinajstić information content (AvgIpc) is 3.18. The number of aryl methyl sites for hydroxylation is 2. The summed E-state index contributed by atoms with van der Waals surface area (Å²) in [4.78, 5) is 36.3. The second-order valence-electron chi connectivity index (χ2n) is 14.4. The first-order valence-corrected chi connectivity index (χ1v) is 19.1. The van der Waals surface area contributed by atoms with E-state index >= 15 is 0 Å². The summed E-state index contributed by atoms with van der Waals surface area (Å²) in [7, 11) is 0. The van der Waals surface area contributed by atoms with E-state index in [-0.39, 0.29) is 36.4 Å². The van der Waals surface area contributed by atoms with Crippen LogP contribution in [-0.4, -0.2) is 82.7 Å². The van der Waals surface area contributed by atoms with Crippen LogP contribution in [0.15, 0.2) is 97.2 Å². The van der Waals surface area contributed by atoms with Gasteiger partial charge in [0.05, 0.1) is 17.5 Å². The highest BCUT2D eigenvalue weighted by atomic mass is 16.5. The summed E-state index contributed by atoms with van der Waals surface area (Å²) in [6.07, 6.45) is 11.3. The minimum atomic E-state index is -0.745. The molecule has 8 heteroatoms. The lowest BCUT2D eigenvalue weighted by Crippen LogP contribution is -2.56. The van der Waals surface area contributed by atoms with Gasteiger partial charge in [0.2, 0.25) is 11.8 Å². The van der Waals surface area contributed by atoms with Gasteiger partial charge in [-0.2, -0.15) is 0 Å². The number of β-amino-alcohol motifs (C(OH)–C–C–N with tert-alkyl or cyclic N) is 1. The Morgan fingerprint density at radius 2 is 1.55 bits per heavy atom. The van der Waals surface area contributed by atoms with Crippen LogP contribution in [0.25, 0.3) is 10.9 Å². The molecule has 0 spiro atoms. The Kier molecular flexibility index (Phi) is 13.5. The number of fused-ring (bicyclic) bond motifs is 1. The fourth-order valence-electron chi connectivity index (χ4n) is 7.80. The fourth-order valence-corrected chi connectivity index (χ4v) is 7.80. The van der Waals surface area contributed by atoms with Crippen molar-refractivity contribution >= 4 is 22.7 Å². The zero-order valence-corrected chi connectivity index (χ0v) is 29.9. The van der Waals surface area contributed by atoms with Crippen LogP contribution in [0.3, 0.4) is 0 Å². The topological polar surface area (TPSA) is 95.0 Å². The number of nitrogens with one attached hydrogen (secondary N) is 1. The number of aliphatic hydroxyl groups is 1. The Hall–Kier alpha value is -4.27. The van der Waals surface area contributed by atoms with E-state index in [0.29, 0.717) is 25.4 Å². The maximum Gasteiger partial charge on any atom is 0.239 e. The molecule has 3 aromatic carbocycles. The van der Waals surface area contributed by atoms with Crippen molar-refractivity contribution in [3.63, 3.8) is 0 Å². The Labute approximate surface area is 303 Å². The van der Waals surface area contributed by atoms with Gasteiger partial charge in [-0.15, -0.1) is 0 Å². The maximum atomic E-state index is 14.0. The van der Waals surface area contributed by atoms with Crippen molar-refractivity contribution in [1.82, 2.24) is 20.1 Å². The molecule has 4 aromatic rings. The zero-order chi connectivity index (χ0) is 35.3. The van der Waals surface area contributed by atoms with E-state index in [9.17, 15) is 14.7 Å². The molecular formula is C43H54N4O4. The van der Waals surface area contributed by atoms with Gasteiger partial charge in [-0.3, -0.25) is 19.5 Å². The third-order valence-electron chi connectivity index (χ3n) is 10.6. The summed E-state index contributed by atoms with van der Waals surface area (Å²) in [5.41, 5.74) is 3.50. The third kappa shape index (κ3) is 10.6. The standard InChI is InChI=1S/C43H54N4O4/c48-37(32-51-41-26-11-24-39-38(41)23-12-27-44-39)31-46-28-8-7-25-40(46)43(50)47-29-13-20-35(30-47)42(49)45-36(21-9-18-33-14-3-1-4-15-33)22-10-19-34-16-5-2-6-17-34/h1-6,11-12,14-17,23-24,26-27,35-37,40,48H,7-10,13,18-22,25,28-32H2,(H,45,49). The molecule has 51 heavy (non-hydrogen) atoms. The first-order valence-electron chi connectivity index (χ1n) is 19.1. The van der Waals surface area contributed by atoms with Crippen LogP contribution in [0.5, 0.6) is 5.75 Å². The Balaban J connectivity index is 1.02. The van der Waals surface area contributed by atoms with Gasteiger partial charge in [0.25, 0.3) is 0 Å². The van der Waals surface area contributed by atoms with Gasteiger partial charge < -0.3 is 20.1 Å². The molecule has 0 aliphatic carbocycles. The number of hydrogen-bond acceptors (Lipinski definition) is 6. The predicted molar refractivity (Wildman–Crippen MR) is 202 cm³/mol. The molecule has 2 aliphatic rings. The molecule has 0 radical (unpaired) electrons. The van der Waals surface area contributed by atoms with Gasteiger partial charge in [-0.1, -0.05) is 73.2 Å². The van der Waals surface area contributed by atoms with E-state index in [0.717, 1.165) is 88.1 Å². The van der Waals surface area contributed by atoms with E-state index in [1.165, 1.54) is 11.1 Å². The second-order valence-corrected chi connectivity index (χ2v) is 14.4. The molecule has 3 heterocycles. The molecule has 2 amide bonds. The minimum Gasteiger partial charge on any atom is -0.490 e. The molecule has 2 fully saturated rings. The van der Waals surface area contributed by atoms with Gasteiger partial charge >= 0.3 is 0 Å². The Morgan fingerprint density at radius 1 is 0.824 bits per heavy atom. The number of carbonyl (C=O) groups excluding carboxylic acids is 2. The van der Waals surface area contributed by atoms with Crippen molar-refractivity contribution in [1.29, 1.82) is 0 Å². The monoisotopic (exact) mass is 690 g/mol.